The van der Waals surface area contributed by atoms with E-state index in [1.54, 1.807) is 17.0 Å². The number of piperidine rings is 1. The van der Waals surface area contributed by atoms with Crippen molar-refractivity contribution >= 4 is 11.7 Å². The van der Waals surface area contributed by atoms with E-state index in [4.69, 9.17) is 9.47 Å². The summed E-state index contributed by atoms with van der Waals surface area (Å²) >= 11 is 0. The van der Waals surface area contributed by atoms with Crippen molar-refractivity contribution in [1.82, 2.24) is 4.90 Å². The maximum atomic E-state index is 12.6. The van der Waals surface area contributed by atoms with Gasteiger partial charge in [-0.2, -0.15) is 0 Å². The average molecular weight is 430 g/mol. The quantitative estimate of drug-likeness (QED) is 0.484. The number of ketones is 1. The summed E-state index contributed by atoms with van der Waals surface area (Å²) in [5.41, 5.74) is 1.85. The second-order valence-corrected chi connectivity index (χ2v) is 7.92. The van der Waals surface area contributed by atoms with E-state index in [1.165, 1.54) is 0 Å². The van der Waals surface area contributed by atoms with E-state index >= 15 is 0 Å². The highest BCUT2D eigenvalue weighted by atomic mass is 16.5. The molecule has 4 rings (SSSR count). The number of hydrogen-bond acceptors (Lipinski definition) is 4. The Bertz CT molecular complexity index is 1010. The molecule has 5 nitrogen and oxygen atoms in total. The van der Waals surface area contributed by atoms with Crippen LogP contribution in [0, 0.1) is 5.92 Å². The van der Waals surface area contributed by atoms with Crippen LogP contribution in [0.4, 0.5) is 0 Å². The van der Waals surface area contributed by atoms with E-state index in [2.05, 4.69) is 0 Å². The van der Waals surface area contributed by atoms with E-state index in [9.17, 15) is 9.59 Å². The second kappa shape index (κ2) is 10.6. The predicted molar refractivity (Wildman–Crippen MR) is 123 cm³/mol. The van der Waals surface area contributed by atoms with Gasteiger partial charge in [0.15, 0.2) is 12.4 Å². The van der Waals surface area contributed by atoms with Crippen LogP contribution in [-0.2, 0) is 11.4 Å². The van der Waals surface area contributed by atoms with Crippen LogP contribution >= 0.6 is 0 Å². The molecular weight excluding hydrogens is 402 g/mol. The lowest BCUT2D eigenvalue weighted by atomic mass is 9.89. The number of carbonyl (C=O) groups is 2. The highest BCUT2D eigenvalue weighted by Crippen LogP contribution is 2.23. The molecule has 0 saturated carbocycles. The summed E-state index contributed by atoms with van der Waals surface area (Å²) in [5.74, 6) is 1.46. The van der Waals surface area contributed by atoms with Crippen LogP contribution in [-0.4, -0.2) is 36.3 Å². The molecule has 0 bridgehead atoms. The van der Waals surface area contributed by atoms with Crippen LogP contribution in [0.3, 0.4) is 0 Å². The lowest BCUT2D eigenvalue weighted by molar-refractivity contribution is -0.134. The van der Waals surface area contributed by atoms with Crippen molar-refractivity contribution in [2.75, 3.05) is 19.7 Å². The zero-order valence-corrected chi connectivity index (χ0v) is 18.0. The Morgan fingerprint density at radius 1 is 0.750 bits per heavy atom. The third kappa shape index (κ3) is 5.76. The van der Waals surface area contributed by atoms with Gasteiger partial charge >= 0.3 is 0 Å². The third-order valence-electron chi connectivity index (χ3n) is 5.71. The first kappa shape index (κ1) is 21.6. The average Bonchev–Trinajstić information content (AvgIpc) is 2.87. The number of rotatable bonds is 8. The van der Waals surface area contributed by atoms with Gasteiger partial charge < -0.3 is 14.4 Å². The summed E-state index contributed by atoms with van der Waals surface area (Å²) < 4.78 is 11.4. The summed E-state index contributed by atoms with van der Waals surface area (Å²) in [6.07, 6.45) is 1.37. The summed E-state index contributed by atoms with van der Waals surface area (Å²) in [6, 6.07) is 26.6. The minimum Gasteiger partial charge on any atom is -0.489 e. The van der Waals surface area contributed by atoms with Crippen molar-refractivity contribution < 1.29 is 19.1 Å². The van der Waals surface area contributed by atoms with Gasteiger partial charge in [-0.1, -0.05) is 60.7 Å². The van der Waals surface area contributed by atoms with E-state index < -0.39 is 0 Å². The zero-order chi connectivity index (χ0) is 22.2. The van der Waals surface area contributed by atoms with Gasteiger partial charge in [0, 0.05) is 24.6 Å². The normalized spacial score (nSPS) is 14.1. The highest BCUT2D eigenvalue weighted by Gasteiger charge is 2.28. The molecule has 0 spiro atoms. The molecule has 32 heavy (non-hydrogen) atoms. The molecule has 1 aliphatic rings. The molecule has 1 fully saturated rings. The smallest absolute Gasteiger partial charge is 0.260 e. The van der Waals surface area contributed by atoms with Crippen LogP contribution < -0.4 is 9.47 Å². The Hall–Kier alpha value is -3.60. The Balaban J connectivity index is 1.20. The molecule has 164 valence electrons. The number of hydrogen-bond donors (Lipinski definition) is 0. The van der Waals surface area contributed by atoms with Crippen molar-refractivity contribution in [3.05, 3.63) is 96.1 Å². The largest absolute Gasteiger partial charge is 0.489 e. The van der Waals surface area contributed by atoms with Gasteiger partial charge in [-0.3, -0.25) is 9.59 Å². The number of ether oxygens (including phenoxy) is 2. The van der Waals surface area contributed by atoms with Crippen LogP contribution in [0.1, 0.15) is 28.8 Å². The highest BCUT2D eigenvalue weighted by molar-refractivity contribution is 5.98. The molecule has 1 aliphatic heterocycles. The lowest BCUT2D eigenvalue weighted by Crippen LogP contribution is -2.42. The van der Waals surface area contributed by atoms with Crippen LogP contribution in [0.15, 0.2) is 84.9 Å². The first-order valence-electron chi connectivity index (χ1n) is 11.0. The van der Waals surface area contributed by atoms with E-state index in [0.717, 1.165) is 16.9 Å². The standard InChI is InChI=1S/C27H27NO4/c29-26(28-17-15-23(16-18-28)27(30)22-9-5-2-6-10-22)20-32-25-13-11-24(12-14-25)31-19-21-7-3-1-4-8-21/h1-14,23H,15-20H2. The number of Topliss-reactive ketones (excluding diaryl/α,β-unsaturated/α-hetero) is 1. The van der Waals surface area contributed by atoms with E-state index in [1.807, 2.05) is 72.8 Å². The van der Waals surface area contributed by atoms with Gasteiger partial charge in [-0.25, -0.2) is 0 Å². The predicted octanol–water partition coefficient (Wildman–Crippen LogP) is 4.77. The Kier molecular flexibility index (Phi) is 7.18. The van der Waals surface area contributed by atoms with E-state index in [-0.39, 0.29) is 24.2 Å². The fourth-order valence-electron chi connectivity index (χ4n) is 3.84. The first-order valence-corrected chi connectivity index (χ1v) is 11.0. The maximum absolute atomic E-state index is 12.6. The first-order chi connectivity index (χ1) is 15.7. The summed E-state index contributed by atoms with van der Waals surface area (Å²) in [5, 5.41) is 0. The van der Waals surface area contributed by atoms with Gasteiger partial charge in [0.2, 0.25) is 0 Å². The van der Waals surface area contributed by atoms with E-state index in [0.29, 0.717) is 38.3 Å². The number of benzene rings is 3. The summed E-state index contributed by atoms with van der Waals surface area (Å²) in [7, 11) is 0. The number of nitrogens with zero attached hydrogens (tertiary/aromatic N) is 1. The fraction of sp³-hybridized carbons (Fsp3) is 0.259. The van der Waals surface area contributed by atoms with Crippen LogP contribution in [0.5, 0.6) is 11.5 Å². The topological polar surface area (TPSA) is 55.8 Å². The van der Waals surface area contributed by atoms with Crippen LogP contribution in [0.25, 0.3) is 0 Å². The fourth-order valence-corrected chi connectivity index (χ4v) is 3.84. The van der Waals surface area contributed by atoms with Gasteiger partial charge in [-0.05, 0) is 42.7 Å². The molecule has 5 heteroatoms. The SMILES string of the molecule is O=C(c1ccccc1)C1CCN(C(=O)COc2ccc(OCc3ccccc3)cc2)CC1. The van der Waals surface area contributed by atoms with Gasteiger partial charge in [0.25, 0.3) is 5.91 Å². The molecule has 1 saturated heterocycles. The number of likely N-dealkylation sites (tertiary alicyclic amines) is 1. The minimum absolute atomic E-state index is 0.0124. The monoisotopic (exact) mass is 429 g/mol. The van der Waals surface area contributed by atoms with Gasteiger partial charge in [0.05, 0.1) is 0 Å². The summed E-state index contributed by atoms with van der Waals surface area (Å²) in [6.45, 7) is 1.65. The number of carbonyl (C=O) groups excluding carboxylic acids is 2. The van der Waals surface area contributed by atoms with Crippen molar-refractivity contribution in [2.24, 2.45) is 5.92 Å². The third-order valence-corrected chi connectivity index (χ3v) is 5.71. The molecule has 3 aromatic carbocycles. The second-order valence-electron chi connectivity index (χ2n) is 7.92. The Morgan fingerprint density at radius 2 is 1.31 bits per heavy atom. The van der Waals surface area contributed by atoms with Gasteiger partial charge in [0.1, 0.15) is 18.1 Å². The van der Waals surface area contributed by atoms with Crippen molar-refractivity contribution in [2.45, 2.75) is 19.4 Å². The molecule has 0 radical (unpaired) electrons. The minimum atomic E-state index is -0.0555. The van der Waals surface area contributed by atoms with Crippen molar-refractivity contribution in [1.29, 1.82) is 0 Å². The van der Waals surface area contributed by atoms with Crippen molar-refractivity contribution in [3.8, 4) is 11.5 Å². The molecule has 3 aromatic rings. The zero-order valence-electron chi connectivity index (χ0n) is 18.0. The Labute approximate surface area is 188 Å². The lowest BCUT2D eigenvalue weighted by Gasteiger charge is -2.31. The molecule has 0 atom stereocenters. The molecule has 1 heterocycles. The van der Waals surface area contributed by atoms with Crippen molar-refractivity contribution in [3.63, 3.8) is 0 Å². The molecule has 0 N–H and O–H groups in total. The Morgan fingerprint density at radius 3 is 1.94 bits per heavy atom. The molecule has 1 amide bonds. The molecule has 0 aromatic heterocycles. The van der Waals surface area contributed by atoms with Crippen LogP contribution in [0.2, 0.25) is 0 Å². The molecular formula is C27H27NO4. The molecule has 0 aliphatic carbocycles. The maximum Gasteiger partial charge on any atom is 0.260 e. The molecule has 0 unspecified atom stereocenters. The van der Waals surface area contributed by atoms with Gasteiger partial charge in [-0.15, -0.1) is 0 Å². The number of amides is 1. The summed E-state index contributed by atoms with van der Waals surface area (Å²) in [4.78, 5) is 26.9.